The first-order valence-corrected chi connectivity index (χ1v) is 8.53. The summed E-state index contributed by atoms with van der Waals surface area (Å²) in [5.74, 6) is 0.570. The Morgan fingerprint density at radius 2 is 1.96 bits per heavy atom. The number of hydrogen-bond donors (Lipinski definition) is 1. The van der Waals surface area contributed by atoms with E-state index < -0.39 is 0 Å². The topological polar surface area (TPSA) is 58.1 Å². The van der Waals surface area contributed by atoms with Crippen LogP contribution in [-0.2, 0) is 6.42 Å². The second kappa shape index (κ2) is 9.23. The van der Waals surface area contributed by atoms with Crippen molar-refractivity contribution in [2.75, 3.05) is 25.5 Å². The Kier molecular flexibility index (Phi) is 7.00. The molecule has 0 spiro atoms. The molecule has 1 amide bonds. The number of anilines is 1. The van der Waals surface area contributed by atoms with Gasteiger partial charge in [0.25, 0.3) is 5.91 Å². The fraction of sp³-hybridized carbons (Fsp3) is 0.389. The molecule has 5 nitrogen and oxygen atoms in total. The van der Waals surface area contributed by atoms with Crippen LogP contribution in [0.15, 0.2) is 36.7 Å². The van der Waals surface area contributed by atoms with Crippen LogP contribution in [0.4, 0.5) is 5.82 Å². The highest BCUT2D eigenvalue weighted by Gasteiger charge is 2.12. The lowest BCUT2D eigenvalue weighted by atomic mass is 10.1. The first kappa shape index (κ1) is 18.2. The van der Waals surface area contributed by atoms with Crippen LogP contribution >= 0.6 is 11.6 Å². The molecule has 1 aromatic carbocycles. The molecule has 0 radical (unpaired) electrons. The first-order valence-electron chi connectivity index (χ1n) is 8.16. The van der Waals surface area contributed by atoms with E-state index in [1.54, 1.807) is 18.1 Å². The van der Waals surface area contributed by atoms with E-state index in [9.17, 15) is 4.79 Å². The van der Waals surface area contributed by atoms with Crippen LogP contribution in [0.25, 0.3) is 0 Å². The van der Waals surface area contributed by atoms with Gasteiger partial charge >= 0.3 is 0 Å². The number of carbonyl (C=O) groups excluding carboxylic acids is 1. The van der Waals surface area contributed by atoms with Crippen LogP contribution in [0.3, 0.4) is 0 Å². The van der Waals surface area contributed by atoms with Gasteiger partial charge in [0.2, 0.25) is 0 Å². The van der Waals surface area contributed by atoms with Crippen LogP contribution < -0.4 is 5.32 Å². The molecule has 1 heterocycles. The zero-order valence-electron chi connectivity index (χ0n) is 14.1. The zero-order chi connectivity index (χ0) is 17.4. The van der Waals surface area contributed by atoms with Crippen LogP contribution in [-0.4, -0.2) is 40.9 Å². The van der Waals surface area contributed by atoms with Gasteiger partial charge < -0.3 is 10.2 Å². The number of halogens is 1. The highest BCUT2D eigenvalue weighted by atomic mass is 35.5. The summed E-state index contributed by atoms with van der Waals surface area (Å²) in [4.78, 5) is 22.3. The quantitative estimate of drug-likeness (QED) is 0.792. The molecule has 6 heteroatoms. The van der Waals surface area contributed by atoms with Crippen molar-refractivity contribution in [3.8, 4) is 0 Å². The maximum atomic E-state index is 12.2. The fourth-order valence-corrected chi connectivity index (χ4v) is 2.33. The molecule has 1 aromatic heterocycles. The maximum Gasteiger partial charge on any atom is 0.273 e. The van der Waals surface area contributed by atoms with Gasteiger partial charge in [-0.15, -0.1) is 0 Å². The maximum absolute atomic E-state index is 12.2. The molecule has 24 heavy (non-hydrogen) atoms. The van der Waals surface area contributed by atoms with Gasteiger partial charge in [-0.1, -0.05) is 37.1 Å². The standard InChI is InChI=1S/C18H23ClN4O/c1-3-4-11-23(2)18(24)16-12-22-17(13-21-16)20-10-9-14-5-7-15(19)8-6-14/h5-8,12-13H,3-4,9-11H2,1-2H3,(H,20,22). The van der Waals surface area contributed by atoms with E-state index in [-0.39, 0.29) is 5.91 Å². The summed E-state index contributed by atoms with van der Waals surface area (Å²) >= 11 is 5.87. The number of rotatable bonds is 8. The van der Waals surface area contributed by atoms with Crippen LogP contribution in [0.2, 0.25) is 5.02 Å². The summed E-state index contributed by atoms with van der Waals surface area (Å²) in [5.41, 5.74) is 1.57. The molecule has 0 aliphatic carbocycles. The lowest BCUT2D eigenvalue weighted by molar-refractivity contribution is 0.0787. The third kappa shape index (κ3) is 5.49. The van der Waals surface area contributed by atoms with Crippen LogP contribution in [0.1, 0.15) is 35.8 Å². The lowest BCUT2D eigenvalue weighted by Crippen LogP contribution is -2.28. The van der Waals surface area contributed by atoms with Gasteiger partial charge in [0.15, 0.2) is 0 Å². The summed E-state index contributed by atoms with van der Waals surface area (Å²) in [6.07, 6.45) is 6.03. The predicted octanol–water partition coefficient (Wildman–Crippen LogP) is 3.66. The molecule has 1 N–H and O–H groups in total. The minimum atomic E-state index is -0.0938. The molecular formula is C18H23ClN4O. The largest absolute Gasteiger partial charge is 0.368 e. The fourth-order valence-electron chi connectivity index (χ4n) is 2.21. The second-order valence-electron chi connectivity index (χ2n) is 5.67. The Labute approximate surface area is 148 Å². The zero-order valence-corrected chi connectivity index (χ0v) is 14.9. The van der Waals surface area contributed by atoms with Crippen LogP contribution in [0, 0.1) is 0 Å². The predicted molar refractivity (Wildman–Crippen MR) is 97.5 cm³/mol. The monoisotopic (exact) mass is 346 g/mol. The molecule has 0 atom stereocenters. The summed E-state index contributed by atoms with van der Waals surface area (Å²) in [7, 11) is 1.79. The van der Waals surface area contributed by atoms with E-state index in [0.717, 1.165) is 37.4 Å². The highest BCUT2D eigenvalue weighted by Crippen LogP contribution is 2.10. The van der Waals surface area contributed by atoms with Gasteiger partial charge in [-0.3, -0.25) is 4.79 Å². The molecule has 2 rings (SSSR count). The number of aromatic nitrogens is 2. The van der Waals surface area contributed by atoms with Crippen molar-refractivity contribution in [3.05, 3.63) is 52.9 Å². The minimum absolute atomic E-state index is 0.0938. The molecule has 0 bridgehead atoms. The number of unbranched alkanes of at least 4 members (excludes halogenated alkanes) is 1. The van der Waals surface area contributed by atoms with Crippen molar-refractivity contribution in [2.24, 2.45) is 0 Å². The van der Waals surface area contributed by atoms with E-state index in [0.29, 0.717) is 11.5 Å². The summed E-state index contributed by atoms with van der Waals surface area (Å²) in [5, 5.41) is 3.94. The normalized spacial score (nSPS) is 10.5. The third-order valence-electron chi connectivity index (χ3n) is 3.70. The average molecular weight is 347 g/mol. The van der Waals surface area contributed by atoms with Crippen molar-refractivity contribution >= 4 is 23.3 Å². The molecule has 0 unspecified atom stereocenters. The molecule has 128 valence electrons. The van der Waals surface area contributed by atoms with Crippen LogP contribution in [0.5, 0.6) is 0 Å². The van der Waals surface area contributed by atoms with Gasteiger partial charge in [-0.05, 0) is 30.5 Å². The van der Waals surface area contributed by atoms with Crippen molar-refractivity contribution < 1.29 is 4.79 Å². The lowest BCUT2D eigenvalue weighted by Gasteiger charge is -2.16. The molecule has 2 aromatic rings. The smallest absolute Gasteiger partial charge is 0.273 e. The highest BCUT2D eigenvalue weighted by molar-refractivity contribution is 6.30. The molecule has 0 saturated carbocycles. The number of carbonyl (C=O) groups is 1. The van der Waals surface area contributed by atoms with Gasteiger partial charge in [-0.2, -0.15) is 0 Å². The number of nitrogens with zero attached hydrogens (tertiary/aromatic N) is 3. The van der Waals surface area contributed by atoms with Gasteiger partial charge in [0, 0.05) is 25.2 Å². The summed E-state index contributed by atoms with van der Waals surface area (Å²) < 4.78 is 0. The van der Waals surface area contributed by atoms with E-state index in [1.165, 1.54) is 11.8 Å². The molecule has 0 fully saturated rings. The second-order valence-corrected chi connectivity index (χ2v) is 6.11. The van der Waals surface area contributed by atoms with E-state index >= 15 is 0 Å². The first-order chi connectivity index (χ1) is 11.6. The number of nitrogens with one attached hydrogen (secondary N) is 1. The Bertz CT molecular complexity index is 643. The molecule has 0 aliphatic heterocycles. The Morgan fingerprint density at radius 1 is 1.21 bits per heavy atom. The molecule has 0 saturated heterocycles. The number of benzene rings is 1. The SMILES string of the molecule is CCCCN(C)C(=O)c1cnc(NCCc2ccc(Cl)cc2)cn1. The number of hydrogen-bond acceptors (Lipinski definition) is 4. The summed E-state index contributed by atoms with van der Waals surface area (Å²) in [6, 6.07) is 7.77. The van der Waals surface area contributed by atoms with E-state index in [2.05, 4.69) is 22.2 Å². The van der Waals surface area contributed by atoms with Crippen molar-refractivity contribution in [1.29, 1.82) is 0 Å². The van der Waals surface area contributed by atoms with Gasteiger partial charge in [-0.25, -0.2) is 9.97 Å². The van der Waals surface area contributed by atoms with Crippen molar-refractivity contribution in [3.63, 3.8) is 0 Å². The molecule has 0 aliphatic rings. The van der Waals surface area contributed by atoms with Crippen molar-refractivity contribution in [1.82, 2.24) is 14.9 Å². The Morgan fingerprint density at radius 3 is 2.58 bits per heavy atom. The molecular weight excluding hydrogens is 324 g/mol. The summed E-state index contributed by atoms with van der Waals surface area (Å²) in [6.45, 7) is 3.57. The average Bonchev–Trinajstić information content (AvgIpc) is 2.61. The Hall–Kier alpha value is -2.14. The van der Waals surface area contributed by atoms with E-state index in [1.807, 2.05) is 24.3 Å². The van der Waals surface area contributed by atoms with E-state index in [4.69, 9.17) is 11.6 Å². The van der Waals surface area contributed by atoms with Gasteiger partial charge in [0.05, 0.1) is 12.4 Å². The minimum Gasteiger partial charge on any atom is -0.368 e. The third-order valence-corrected chi connectivity index (χ3v) is 3.95. The number of amides is 1. The van der Waals surface area contributed by atoms with Gasteiger partial charge in [0.1, 0.15) is 11.5 Å². The van der Waals surface area contributed by atoms with Crippen molar-refractivity contribution in [2.45, 2.75) is 26.2 Å². The Balaban J connectivity index is 1.83.